The summed E-state index contributed by atoms with van der Waals surface area (Å²) >= 11 is 5.93. The molecule has 1 fully saturated rings. The van der Waals surface area contributed by atoms with Gasteiger partial charge >= 0.3 is 5.97 Å². The van der Waals surface area contributed by atoms with Gasteiger partial charge in [0.15, 0.2) is 11.5 Å². The standard InChI is InChI=1S/C30H30ClNO5/c1-35-28-19-21(9-17-27(28)36-20-22-7-13-24(31)14-8-22)10-18-29(33)32-25-15-11-23(12-16-25)30(34)37-26-5-3-2-4-6-26/h7-19,26H,2-6,20H2,1H3,(H,32,33)/b18-10+. The Morgan fingerprint density at radius 1 is 0.946 bits per heavy atom. The molecule has 37 heavy (non-hydrogen) atoms. The van der Waals surface area contributed by atoms with E-state index in [9.17, 15) is 9.59 Å². The van der Waals surface area contributed by atoms with E-state index in [1.165, 1.54) is 12.5 Å². The van der Waals surface area contributed by atoms with Crippen molar-refractivity contribution < 1.29 is 23.8 Å². The van der Waals surface area contributed by atoms with Crippen molar-refractivity contribution in [3.63, 3.8) is 0 Å². The van der Waals surface area contributed by atoms with E-state index in [0.717, 1.165) is 36.8 Å². The van der Waals surface area contributed by atoms with Crippen LogP contribution < -0.4 is 14.8 Å². The van der Waals surface area contributed by atoms with Gasteiger partial charge in [0, 0.05) is 16.8 Å². The summed E-state index contributed by atoms with van der Waals surface area (Å²) in [6, 6.07) is 19.6. The third-order valence-corrected chi connectivity index (χ3v) is 6.39. The maximum Gasteiger partial charge on any atom is 0.338 e. The summed E-state index contributed by atoms with van der Waals surface area (Å²) in [5, 5.41) is 3.47. The summed E-state index contributed by atoms with van der Waals surface area (Å²) < 4.78 is 16.9. The van der Waals surface area contributed by atoms with Gasteiger partial charge in [0.25, 0.3) is 0 Å². The van der Waals surface area contributed by atoms with Crippen LogP contribution in [0.15, 0.2) is 72.8 Å². The molecule has 0 heterocycles. The predicted octanol–water partition coefficient (Wildman–Crippen LogP) is 7.07. The van der Waals surface area contributed by atoms with Gasteiger partial charge in [-0.25, -0.2) is 4.79 Å². The molecule has 6 nitrogen and oxygen atoms in total. The fourth-order valence-electron chi connectivity index (χ4n) is 4.10. The molecule has 0 unspecified atom stereocenters. The van der Waals surface area contributed by atoms with E-state index in [2.05, 4.69) is 5.32 Å². The molecular formula is C30H30ClNO5. The Hall–Kier alpha value is -3.77. The minimum atomic E-state index is -0.320. The van der Waals surface area contributed by atoms with Gasteiger partial charge in [0.05, 0.1) is 12.7 Å². The Bertz CT molecular complexity index is 1230. The molecule has 0 bridgehead atoms. The number of anilines is 1. The van der Waals surface area contributed by atoms with Gasteiger partial charge in [0.2, 0.25) is 5.91 Å². The van der Waals surface area contributed by atoms with Crippen molar-refractivity contribution in [2.75, 3.05) is 12.4 Å². The molecule has 1 aliphatic carbocycles. The minimum Gasteiger partial charge on any atom is -0.493 e. The number of amides is 1. The van der Waals surface area contributed by atoms with E-state index in [4.69, 9.17) is 25.8 Å². The zero-order chi connectivity index (χ0) is 26.0. The quantitative estimate of drug-likeness (QED) is 0.242. The number of halogens is 1. The topological polar surface area (TPSA) is 73.9 Å². The molecule has 192 valence electrons. The van der Waals surface area contributed by atoms with Crippen LogP contribution in [0.1, 0.15) is 53.6 Å². The maximum atomic E-state index is 12.4. The lowest BCUT2D eigenvalue weighted by Gasteiger charge is -2.21. The lowest BCUT2D eigenvalue weighted by Crippen LogP contribution is -2.20. The first-order valence-electron chi connectivity index (χ1n) is 12.4. The monoisotopic (exact) mass is 519 g/mol. The number of carbonyl (C=O) groups excluding carboxylic acids is 2. The second-order valence-electron chi connectivity index (χ2n) is 8.89. The number of hydrogen-bond acceptors (Lipinski definition) is 5. The Morgan fingerprint density at radius 2 is 1.68 bits per heavy atom. The number of methoxy groups -OCH3 is 1. The number of hydrogen-bond donors (Lipinski definition) is 1. The van der Waals surface area contributed by atoms with Crippen molar-refractivity contribution in [2.24, 2.45) is 0 Å². The Labute approximate surface area is 222 Å². The molecule has 3 aromatic carbocycles. The number of ether oxygens (including phenoxy) is 3. The summed E-state index contributed by atoms with van der Waals surface area (Å²) in [5.74, 6) is 0.548. The summed E-state index contributed by atoms with van der Waals surface area (Å²) in [6.07, 6.45) is 8.40. The molecule has 1 aliphatic rings. The molecule has 0 radical (unpaired) electrons. The lowest BCUT2D eigenvalue weighted by atomic mass is 9.98. The fraction of sp³-hybridized carbons (Fsp3) is 0.267. The molecule has 7 heteroatoms. The summed E-state index contributed by atoms with van der Waals surface area (Å²) in [7, 11) is 1.57. The van der Waals surface area contributed by atoms with E-state index in [-0.39, 0.29) is 18.0 Å². The zero-order valence-electron chi connectivity index (χ0n) is 20.7. The van der Waals surface area contributed by atoms with Crippen LogP contribution in [-0.4, -0.2) is 25.1 Å². The zero-order valence-corrected chi connectivity index (χ0v) is 21.5. The third kappa shape index (κ3) is 7.86. The minimum absolute atomic E-state index is 0.00787. The SMILES string of the molecule is COc1cc(/C=C/C(=O)Nc2ccc(C(=O)OC3CCCCC3)cc2)ccc1OCc1ccc(Cl)cc1. The van der Waals surface area contributed by atoms with Gasteiger partial charge in [-0.1, -0.05) is 36.2 Å². The van der Waals surface area contributed by atoms with Crippen molar-refractivity contribution in [3.8, 4) is 11.5 Å². The van der Waals surface area contributed by atoms with Crippen LogP contribution >= 0.6 is 11.6 Å². The van der Waals surface area contributed by atoms with Gasteiger partial charge in [-0.15, -0.1) is 0 Å². The molecule has 4 rings (SSSR count). The Balaban J connectivity index is 1.30. The van der Waals surface area contributed by atoms with Crippen LogP contribution in [0.4, 0.5) is 5.69 Å². The number of esters is 1. The molecule has 1 amide bonds. The smallest absolute Gasteiger partial charge is 0.338 e. The van der Waals surface area contributed by atoms with E-state index in [0.29, 0.717) is 34.4 Å². The third-order valence-electron chi connectivity index (χ3n) is 6.14. The highest BCUT2D eigenvalue weighted by Crippen LogP contribution is 2.29. The average molecular weight is 520 g/mol. The summed E-state index contributed by atoms with van der Waals surface area (Å²) in [4.78, 5) is 24.8. The van der Waals surface area contributed by atoms with Gasteiger partial charge in [-0.2, -0.15) is 0 Å². The average Bonchev–Trinajstić information content (AvgIpc) is 2.92. The molecule has 0 atom stereocenters. The van der Waals surface area contributed by atoms with E-state index >= 15 is 0 Å². The summed E-state index contributed by atoms with van der Waals surface area (Å²) in [6.45, 7) is 0.377. The Kier molecular flexibility index (Phi) is 9.22. The van der Waals surface area contributed by atoms with Crippen molar-refractivity contribution in [1.29, 1.82) is 0 Å². The number of nitrogens with one attached hydrogen (secondary N) is 1. The Morgan fingerprint density at radius 3 is 2.38 bits per heavy atom. The van der Waals surface area contributed by atoms with Crippen molar-refractivity contribution >= 4 is 35.2 Å². The fourth-order valence-corrected chi connectivity index (χ4v) is 4.22. The largest absolute Gasteiger partial charge is 0.493 e. The van der Waals surface area contributed by atoms with Gasteiger partial charge in [-0.05, 0) is 91.4 Å². The van der Waals surface area contributed by atoms with Crippen LogP contribution in [0.5, 0.6) is 11.5 Å². The number of rotatable bonds is 9. The molecular weight excluding hydrogens is 490 g/mol. The van der Waals surface area contributed by atoms with Crippen LogP contribution in [0.3, 0.4) is 0 Å². The molecule has 0 aromatic heterocycles. The number of carbonyl (C=O) groups is 2. The van der Waals surface area contributed by atoms with Crippen molar-refractivity contribution in [1.82, 2.24) is 0 Å². The van der Waals surface area contributed by atoms with E-state index in [1.807, 2.05) is 30.3 Å². The van der Waals surface area contributed by atoms with E-state index in [1.54, 1.807) is 49.6 Å². The first kappa shape index (κ1) is 26.3. The van der Waals surface area contributed by atoms with Gasteiger partial charge in [0.1, 0.15) is 12.7 Å². The van der Waals surface area contributed by atoms with Gasteiger partial charge < -0.3 is 19.5 Å². The van der Waals surface area contributed by atoms with Crippen LogP contribution in [-0.2, 0) is 16.1 Å². The van der Waals surface area contributed by atoms with Crippen molar-refractivity contribution in [3.05, 3.63) is 94.5 Å². The summed E-state index contributed by atoms with van der Waals surface area (Å²) in [5.41, 5.74) is 2.84. The lowest BCUT2D eigenvalue weighted by molar-refractivity contribution is -0.111. The molecule has 3 aromatic rings. The van der Waals surface area contributed by atoms with Gasteiger partial charge in [-0.3, -0.25) is 4.79 Å². The first-order chi connectivity index (χ1) is 18.0. The maximum absolute atomic E-state index is 12.4. The van der Waals surface area contributed by atoms with Crippen LogP contribution in [0.2, 0.25) is 5.02 Å². The second-order valence-corrected chi connectivity index (χ2v) is 9.33. The molecule has 0 spiro atoms. The van der Waals surface area contributed by atoms with Crippen LogP contribution in [0, 0.1) is 0 Å². The molecule has 1 N–H and O–H groups in total. The molecule has 0 saturated heterocycles. The highest BCUT2D eigenvalue weighted by molar-refractivity contribution is 6.30. The highest BCUT2D eigenvalue weighted by atomic mass is 35.5. The van der Waals surface area contributed by atoms with Crippen molar-refractivity contribution in [2.45, 2.75) is 44.8 Å². The second kappa shape index (κ2) is 13.0. The normalized spacial score (nSPS) is 13.8. The first-order valence-corrected chi connectivity index (χ1v) is 12.7. The number of benzene rings is 3. The van der Waals surface area contributed by atoms with Crippen LogP contribution in [0.25, 0.3) is 6.08 Å². The predicted molar refractivity (Wildman–Crippen MR) is 145 cm³/mol. The molecule has 0 aliphatic heterocycles. The molecule has 1 saturated carbocycles. The van der Waals surface area contributed by atoms with E-state index < -0.39 is 0 Å². The highest BCUT2D eigenvalue weighted by Gasteiger charge is 2.18.